The summed E-state index contributed by atoms with van der Waals surface area (Å²) in [6, 6.07) is -1.20. The van der Waals surface area contributed by atoms with Crippen molar-refractivity contribution in [2.75, 3.05) is 32.8 Å². The summed E-state index contributed by atoms with van der Waals surface area (Å²) in [6.45, 7) is 6.35. The van der Waals surface area contributed by atoms with Crippen LogP contribution in [0.25, 0.3) is 0 Å². The highest BCUT2D eigenvalue weighted by Crippen LogP contribution is 2.21. The number of nitrogens with one attached hydrogen (secondary N) is 1. The molecule has 0 saturated carbocycles. The lowest BCUT2D eigenvalue weighted by atomic mass is 10.0. The molecule has 0 spiro atoms. The van der Waals surface area contributed by atoms with Crippen molar-refractivity contribution < 1.29 is 24.0 Å². The number of morpholine rings is 1. The molecule has 2 rings (SSSR count). The molecule has 8 heteroatoms. The van der Waals surface area contributed by atoms with E-state index in [0.29, 0.717) is 45.7 Å². The predicted octanol–water partition coefficient (Wildman–Crippen LogP) is -0.462. The number of amides is 2. The first-order valence-corrected chi connectivity index (χ1v) is 8.09. The number of ether oxygens (including phenoxy) is 1. The largest absolute Gasteiger partial charge is 0.379 e. The van der Waals surface area contributed by atoms with Crippen LogP contribution in [-0.4, -0.2) is 73.2 Å². The van der Waals surface area contributed by atoms with Crippen LogP contribution < -0.4 is 5.32 Å². The summed E-state index contributed by atoms with van der Waals surface area (Å²) in [5, 5.41) is 4.13. The first kappa shape index (κ1) is 17.7. The van der Waals surface area contributed by atoms with Crippen LogP contribution in [0, 0.1) is 5.92 Å². The third-order valence-corrected chi connectivity index (χ3v) is 4.18. The van der Waals surface area contributed by atoms with Crippen LogP contribution in [0.4, 0.5) is 0 Å². The van der Waals surface area contributed by atoms with Crippen LogP contribution in [-0.2, 0) is 24.0 Å². The molecule has 2 aliphatic rings. The van der Waals surface area contributed by atoms with Crippen molar-refractivity contribution in [2.24, 2.45) is 5.92 Å². The molecular weight excluding hydrogens is 302 g/mol. The fraction of sp³-hybridized carbons (Fsp3) is 0.800. The lowest BCUT2D eigenvalue weighted by molar-refractivity contribution is -0.210. The van der Waals surface area contributed by atoms with E-state index in [-0.39, 0.29) is 11.8 Å². The van der Waals surface area contributed by atoms with E-state index in [1.807, 2.05) is 13.8 Å². The highest BCUT2D eigenvalue weighted by molar-refractivity contribution is 5.89. The number of carbonyl (C=O) groups excluding carboxylic acids is 3. The van der Waals surface area contributed by atoms with Gasteiger partial charge in [0, 0.05) is 6.54 Å². The Kier molecular flexibility index (Phi) is 6.35. The van der Waals surface area contributed by atoms with Crippen LogP contribution >= 0.6 is 0 Å². The van der Waals surface area contributed by atoms with Crippen molar-refractivity contribution in [3.05, 3.63) is 0 Å². The zero-order chi connectivity index (χ0) is 16.8. The molecular formula is C15H25N3O5. The van der Waals surface area contributed by atoms with Gasteiger partial charge >= 0.3 is 5.97 Å². The highest BCUT2D eigenvalue weighted by atomic mass is 16.7. The van der Waals surface area contributed by atoms with E-state index < -0.39 is 18.1 Å². The van der Waals surface area contributed by atoms with E-state index in [1.54, 1.807) is 5.06 Å². The number of likely N-dealkylation sites (tertiary alicyclic amines) is 1. The van der Waals surface area contributed by atoms with Gasteiger partial charge in [-0.2, -0.15) is 0 Å². The smallest absolute Gasteiger partial charge is 0.347 e. The molecule has 23 heavy (non-hydrogen) atoms. The van der Waals surface area contributed by atoms with Crippen LogP contribution in [0.5, 0.6) is 0 Å². The molecule has 2 aliphatic heterocycles. The first-order chi connectivity index (χ1) is 11.0. The SMILES string of the molecule is CC(C)[C@H](NC=O)C(=O)N1CCC[C@H]1C(=O)ON1CCOCC1. The number of hydroxylamine groups is 2. The molecule has 0 radical (unpaired) electrons. The Hall–Kier alpha value is -1.67. The Morgan fingerprint density at radius 3 is 2.57 bits per heavy atom. The van der Waals surface area contributed by atoms with E-state index in [2.05, 4.69) is 5.32 Å². The maximum atomic E-state index is 12.6. The van der Waals surface area contributed by atoms with Gasteiger partial charge in [0.1, 0.15) is 12.1 Å². The standard InChI is InChI=1S/C15H25N3O5/c1-11(2)13(16-10-19)14(20)18-5-3-4-12(18)15(21)23-17-6-8-22-9-7-17/h10-13H,3-9H2,1-2H3,(H,16,19)/t12-,13-/m0/s1. The molecule has 0 aromatic carbocycles. The van der Waals surface area contributed by atoms with Gasteiger partial charge in [0.15, 0.2) is 0 Å². The average Bonchev–Trinajstić information content (AvgIpc) is 3.02. The van der Waals surface area contributed by atoms with E-state index in [9.17, 15) is 14.4 Å². The summed E-state index contributed by atoms with van der Waals surface area (Å²) in [7, 11) is 0. The summed E-state index contributed by atoms with van der Waals surface area (Å²) in [4.78, 5) is 42.7. The maximum Gasteiger partial charge on any atom is 0.347 e. The van der Waals surface area contributed by atoms with Crippen molar-refractivity contribution >= 4 is 18.3 Å². The Bertz CT molecular complexity index is 437. The van der Waals surface area contributed by atoms with E-state index >= 15 is 0 Å². The Morgan fingerprint density at radius 1 is 1.26 bits per heavy atom. The van der Waals surface area contributed by atoms with E-state index in [0.717, 1.165) is 6.42 Å². The lowest BCUT2D eigenvalue weighted by Gasteiger charge is -2.31. The summed E-state index contributed by atoms with van der Waals surface area (Å²) in [5.74, 6) is -0.691. The average molecular weight is 327 g/mol. The molecule has 0 aliphatic carbocycles. The van der Waals surface area contributed by atoms with Gasteiger partial charge < -0.3 is 19.8 Å². The Morgan fingerprint density at radius 2 is 1.96 bits per heavy atom. The molecule has 2 atom stereocenters. The summed E-state index contributed by atoms with van der Waals surface area (Å²) >= 11 is 0. The molecule has 0 aromatic heterocycles. The second kappa shape index (κ2) is 8.26. The van der Waals surface area contributed by atoms with Crippen LogP contribution in [0.3, 0.4) is 0 Å². The number of carbonyl (C=O) groups is 3. The third-order valence-electron chi connectivity index (χ3n) is 4.18. The molecule has 130 valence electrons. The highest BCUT2D eigenvalue weighted by Gasteiger charge is 2.39. The molecule has 2 saturated heterocycles. The minimum atomic E-state index is -0.621. The van der Waals surface area contributed by atoms with Crippen LogP contribution in [0.15, 0.2) is 0 Å². The van der Waals surface area contributed by atoms with Gasteiger partial charge in [0.2, 0.25) is 12.3 Å². The molecule has 2 fully saturated rings. The minimum absolute atomic E-state index is 0.0517. The van der Waals surface area contributed by atoms with Crippen molar-refractivity contribution in [3.8, 4) is 0 Å². The molecule has 0 aromatic rings. The van der Waals surface area contributed by atoms with Crippen molar-refractivity contribution in [1.29, 1.82) is 0 Å². The van der Waals surface area contributed by atoms with Gasteiger partial charge in [0.25, 0.3) is 0 Å². The normalized spacial score (nSPS) is 23.6. The Labute approximate surface area is 136 Å². The number of hydrogen-bond donors (Lipinski definition) is 1. The van der Waals surface area contributed by atoms with Crippen molar-refractivity contribution in [3.63, 3.8) is 0 Å². The lowest BCUT2D eigenvalue weighted by Crippen LogP contribution is -2.53. The molecule has 2 heterocycles. The molecule has 0 unspecified atom stereocenters. The Balaban J connectivity index is 1.98. The number of hydrogen-bond acceptors (Lipinski definition) is 6. The second-order valence-corrected chi connectivity index (χ2v) is 6.15. The van der Waals surface area contributed by atoms with Gasteiger partial charge in [-0.05, 0) is 18.8 Å². The second-order valence-electron chi connectivity index (χ2n) is 6.15. The van der Waals surface area contributed by atoms with Gasteiger partial charge in [-0.3, -0.25) is 9.59 Å². The van der Waals surface area contributed by atoms with Crippen molar-refractivity contribution in [2.45, 2.75) is 38.8 Å². The van der Waals surface area contributed by atoms with Crippen molar-refractivity contribution in [1.82, 2.24) is 15.3 Å². The summed E-state index contributed by atoms with van der Waals surface area (Å²) < 4.78 is 5.21. The van der Waals surface area contributed by atoms with Crippen LogP contribution in [0.2, 0.25) is 0 Å². The predicted molar refractivity (Wildman–Crippen MR) is 81.0 cm³/mol. The first-order valence-electron chi connectivity index (χ1n) is 8.09. The monoisotopic (exact) mass is 327 g/mol. The van der Waals surface area contributed by atoms with E-state index in [4.69, 9.17) is 9.57 Å². The molecule has 8 nitrogen and oxygen atoms in total. The minimum Gasteiger partial charge on any atom is -0.379 e. The molecule has 0 bridgehead atoms. The van der Waals surface area contributed by atoms with Gasteiger partial charge in [-0.25, -0.2) is 4.79 Å². The quantitative estimate of drug-likeness (QED) is 0.664. The summed E-state index contributed by atoms with van der Waals surface area (Å²) in [5.41, 5.74) is 0. The molecule has 1 N–H and O–H groups in total. The van der Waals surface area contributed by atoms with E-state index in [1.165, 1.54) is 4.90 Å². The topological polar surface area (TPSA) is 88.2 Å². The third kappa shape index (κ3) is 4.42. The molecule has 2 amide bonds. The maximum absolute atomic E-state index is 12.6. The number of rotatable bonds is 6. The zero-order valence-electron chi connectivity index (χ0n) is 13.7. The fourth-order valence-corrected chi connectivity index (χ4v) is 2.90. The van der Waals surface area contributed by atoms with Gasteiger partial charge in [-0.15, -0.1) is 5.06 Å². The number of nitrogens with zero attached hydrogens (tertiary/aromatic N) is 2. The van der Waals surface area contributed by atoms with Gasteiger partial charge in [0.05, 0.1) is 26.3 Å². The fourth-order valence-electron chi connectivity index (χ4n) is 2.90. The van der Waals surface area contributed by atoms with Crippen LogP contribution in [0.1, 0.15) is 26.7 Å². The van der Waals surface area contributed by atoms with Gasteiger partial charge in [-0.1, -0.05) is 13.8 Å². The zero-order valence-corrected chi connectivity index (χ0v) is 13.7. The summed E-state index contributed by atoms with van der Waals surface area (Å²) in [6.07, 6.45) is 1.86.